The summed E-state index contributed by atoms with van der Waals surface area (Å²) in [5.41, 5.74) is 0. The lowest BCUT2D eigenvalue weighted by molar-refractivity contribution is 0.108. The smallest absolute Gasteiger partial charge is 0.191 e. The van der Waals surface area contributed by atoms with Gasteiger partial charge in [0.1, 0.15) is 0 Å². The lowest BCUT2D eigenvalue weighted by atomic mass is 10.2. The number of ether oxygens (including phenoxy) is 1. The third-order valence-corrected chi connectivity index (χ3v) is 3.82. The minimum absolute atomic E-state index is 0.533. The molecule has 0 bridgehead atoms. The Morgan fingerprint density at radius 3 is 2.57 bits per heavy atom. The number of hydrogen-bond donors (Lipinski definition) is 2. The predicted molar refractivity (Wildman–Crippen MR) is 89.9 cm³/mol. The average Bonchev–Trinajstić information content (AvgIpc) is 3.28. The maximum atomic E-state index is 5.57. The van der Waals surface area contributed by atoms with Crippen molar-refractivity contribution in [3.63, 3.8) is 0 Å². The summed E-state index contributed by atoms with van der Waals surface area (Å²) in [6.45, 7) is 10.1. The molecule has 0 spiro atoms. The zero-order valence-corrected chi connectivity index (χ0v) is 14.5. The zero-order valence-electron chi connectivity index (χ0n) is 14.5. The van der Waals surface area contributed by atoms with Crippen molar-refractivity contribution in [2.24, 2.45) is 10.9 Å². The molecule has 124 valence electrons. The monoisotopic (exact) mass is 298 g/mol. The van der Waals surface area contributed by atoms with E-state index in [1.165, 1.54) is 12.8 Å². The average molecular weight is 298 g/mol. The van der Waals surface area contributed by atoms with Gasteiger partial charge < -0.3 is 15.4 Å². The maximum absolute atomic E-state index is 5.57. The molecule has 0 aliphatic heterocycles. The van der Waals surface area contributed by atoms with Crippen LogP contribution in [0.25, 0.3) is 0 Å². The summed E-state index contributed by atoms with van der Waals surface area (Å²) in [5.74, 6) is 1.49. The summed E-state index contributed by atoms with van der Waals surface area (Å²) in [6, 6.07) is 1.33. The van der Waals surface area contributed by atoms with Gasteiger partial charge in [0, 0.05) is 45.4 Å². The molecule has 5 nitrogen and oxygen atoms in total. The van der Waals surface area contributed by atoms with E-state index in [-0.39, 0.29) is 0 Å². The van der Waals surface area contributed by atoms with Crippen LogP contribution in [0.5, 0.6) is 0 Å². The van der Waals surface area contributed by atoms with E-state index in [0.717, 1.165) is 44.7 Å². The fraction of sp³-hybridized carbons (Fsp3) is 0.938. The first-order valence-corrected chi connectivity index (χ1v) is 8.28. The summed E-state index contributed by atoms with van der Waals surface area (Å²) in [6.07, 6.45) is 3.71. The van der Waals surface area contributed by atoms with Gasteiger partial charge in [-0.3, -0.25) is 9.89 Å². The molecule has 1 unspecified atom stereocenters. The van der Waals surface area contributed by atoms with Gasteiger partial charge >= 0.3 is 0 Å². The van der Waals surface area contributed by atoms with E-state index in [4.69, 9.17) is 4.74 Å². The van der Waals surface area contributed by atoms with Crippen molar-refractivity contribution in [2.45, 2.75) is 52.1 Å². The molecule has 1 aliphatic rings. The van der Waals surface area contributed by atoms with Gasteiger partial charge in [-0.25, -0.2) is 0 Å². The summed E-state index contributed by atoms with van der Waals surface area (Å²) < 4.78 is 5.57. The van der Waals surface area contributed by atoms with Crippen LogP contribution < -0.4 is 10.6 Å². The highest BCUT2D eigenvalue weighted by molar-refractivity contribution is 5.79. The molecule has 5 heteroatoms. The van der Waals surface area contributed by atoms with Crippen LogP contribution in [0.3, 0.4) is 0 Å². The van der Waals surface area contributed by atoms with Gasteiger partial charge in [0.25, 0.3) is 0 Å². The number of likely N-dealkylation sites (N-methyl/N-ethyl adjacent to an activating group) is 1. The van der Waals surface area contributed by atoms with Gasteiger partial charge in [-0.05, 0) is 39.2 Å². The Morgan fingerprint density at radius 2 is 2.00 bits per heavy atom. The van der Waals surface area contributed by atoms with Crippen molar-refractivity contribution in [1.82, 2.24) is 15.5 Å². The van der Waals surface area contributed by atoms with E-state index in [9.17, 15) is 0 Å². The van der Waals surface area contributed by atoms with Crippen molar-refractivity contribution in [2.75, 3.05) is 40.4 Å². The van der Waals surface area contributed by atoms with Crippen LogP contribution in [-0.2, 0) is 4.74 Å². The minimum Gasteiger partial charge on any atom is -0.381 e. The highest BCUT2D eigenvalue weighted by Crippen LogP contribution is 2.26. The number of guanidine groups is 1. The third kappa shape index (κ3) is 8.27. The predicted octanol–water partition coefficient (Wildman–Crippen LogP) is 1.70. The quantitative estimate of drug-likeness (QED) is 0.366. The molecule has 1 saturated carbocycles. The van der Waals surface area contributed by atoms with Crippen LogP contribution >= 0.6 is 0 Å². The first-order chi connectivity index (χ1) is 10.0. The lowest BCUT2D eigenvalue weighted by Crippen LogP contribution is -2.45. The number of nitrogens with one attached hydrogen (secondary N) is 2. The third-order valence-electron chi connectivity index (χ3n) is 3.82. The highest BCUT2D eigenvalue weighted by atomic mass is 16.5. The molecular weight excluding hydrogens is 264 g/mol. The van der Waals surface area contributed by atoms with Gasteiger partial charge in [-0.2, -0.15) is 0 Å². The van der Waals surface area contributed by atoms with Crippen molar-refractivity contribution < 1.29 is 4.74 Å². The molecule has 1 rings (SSSR count). The van der Waals surface area contributed by atoms with E-state index in [0.29, 0.717) is 12.0 Å². The van der Waals surface area contributed by atoms with Gasteiger partial charge in [-0.1, -0.05) is 13.8 Å². The Bertz CT molecular complexity index is 303. The SMILES string of the molecule is CN=C(NCCCOCC(C)C)NCC(C)N(C)C1CC1. The number of hydrogen-bond acceptors (Lipinski definition) is 3. The van der Waals surface area contributed by atoms with Gasteiger partial charge in [-0.15, -0.1) is 0 Å². The number of aliphatic imine (C=N–C) groups is 1. The molecule has 1 atom stereocenters. The maximum Gasteiger partial charge on any atom is 0.191 e. The highest BCUT2D eigenvalue weighted by Gasteiger charge is 2.28. The van der Waals surface area contributed by atoms with Crippen LogP contribution in [-0.4, -0.2) is 63.3 Å². The number of rotatable bonds is 10. The molecule has 1 aliphatic carbocycles. The van der Waals surface area contributed by atoms with Crippen molar-refractivity contribution in [1.29, 1.82) is 0 Å². The van der Waals surface area contributed by atoms with Gasteiger partial charge in [0.2, 0.25) is 0 Å². The van der Waals surface area contributed by atoms with E-state index >= 15 is 0 Å². The molecule has 0 amide bonds. The summed E-state index contributed by atoms with van der Waals surface area (Å²) in [5, 5.41) is 6.74. The van der Waals surface area contributed by atoms with Gasteiger partial charge in [0.05, 0.1) is 0 Å². The topological polar surface area (TPSA) is 48.9 Å². The Kier molecular flexibility index (Phi) is 8.69. The fourth-order valence-electron chi connectivity index (χ4n) is 2.15. The Morgan fingerprint density at radius 1 is 1.29 bits per heavy atom. The fourth-order valence-corrected chi connectivity index (χ4v) is 2.15. The molecule has 1 fully saturated rings. The minimum atomic E-state index is 0.533. The first kappa shape index (κ1) is 18.2. The normalized spacial score (nSPS) is 17.4. The number of nitrogens with zero attached hydrogens (tertiary/aromatic N) is 2. The Labute approximate surface area is 130 Å². The standard InChI is InChI=1S/C16H34N4O/c1-13(2)12-21-10-6-9-18-16(17-4)19-11-14(3)20(5)15-7-8-15/h13-15H,6-12H2,1-5H3,(H2,17,18,19). The molecule has 0 aromatic carbocycles. The Hall–Kier alpha value is -0.810. The lowest BCUT2D eigenvalue weighted by Gasteiger charge is -2.25. The molecular formula is C16H34N4O. The summed E-state index contributed by atoms with van der Waals surface area (Å²) in [7, 11) is 4.03. The van der Waals surface area contributed by atoms with Crippen LogP contribution in [0.15, 0.2) is 4.99 Å². The molecule has 0 radical (unpaired) electrons. The van der Waals surface area contributed by atoms with Crippen LogP contribution in [0.4, 0.5) is 0 Å². The first-order valence-electron chi connectivity index (χ1n) is 8.28. The van der Waals surface area contributed by atoms with Crippen LogP contribution in [0, 0.1) is 5.92 Å². The van der Waals surface area contributed by atoms with E-state index in [1.54, 1.807) is 0 Å². The van der Waals surface area contributed by atoms with Crippen molar-refractivity contribution in [3.05, 3.63) is 0 Å². The summed E-state index contributed by atoms with van der Waals surface area (Å²) >= 11 is 0. The van der Waals surface area contributed by atoms with Crippen LogP contribution in [0.2, 0.25) is 0 Å². The molecule has 0 heterocycles. The van der Waals surface area contributed by atoms with Crippen molar-refractivity contribution in [3.8, 4) is 0 Å². The van der Waals surface area contributed by atoms with E-state index < -0.39 is 0 Å². The molecule has 0 aromatic heterocycles. The molecule has 0 aromatic rings. The zero-order chi connectivity index (χ0) is 15.7. The van der Waals surface area contributed by atoms with Crippen molar-refractivity contribution >= 4 is 5.96 Å². The van der Waals surface area contributed by atoms with E-state index in [1.807, 2.05) is 7.05 Å². The largest absolute Gasteiger partial charge is 0.381 e. The van der Waals surface area contributed by atoms with Crippen LogP contribution in [0.1, 0.15) is 40.0 Å². The molecule has 0 saturated heterocycles. The summed E-state index contributed by atoms with van der Waals surface area (Å²) in [4.78, 5) is 6.72. The second-order valence-corrected chi connectivity index (χ2v) is 6.45. The Balaban J connectivity index is 2.06. The van der Waals surface area contributed by atoms with Gasteiger partial charge in [0.15, 0.2) is 5.96 Å². The molecule has 2 N–H and O–H groups in total. The van der Waals surface area contributed by atoms with E-state index in [2.05, 4.69) is 48.3 Å². The second-order valence-electron chi connectivity index (χ2n) is 6.45. The molecule has 21 heavy (non-hydrogen) atoms. The second kappa shape index (κ2) is 10.0.